The summed E-state index contributed by atoms with van der Waals surface area (Å²) in [4.78, 5) is 14.4. The quantitative estimate of drug-likeness (QED) is 0.735. The second-order valence-corrected chi connectivity index (χ2v) is 5.81. The molecular formula is C17H28FN3O. The van der Waals surface area contributed by atoms with Crippen LogP contribution in [0.2, 0.25) is 0 Å². The predicted octanol–water partition coefficient (Wildman–Crippen LogP) is 2.14. The van der Waals surface area contributed by atoms with Crippen molar-refractivity contribution >= 4 is 5.91 Å². The highest BCUT2D eigenvalue weighted by Gasteiger charge is 2.32. The van der Waals surface area contributed by atoms with Crippen molar-refractivity contribution in [3.05, 3.63) is 35.6 Å². The number of likely N-dealkylation sites (N-methyl/N-ethyl adjacent to an activating group) is 1. The minimum absolute atomic E-state index is 0.0372. The number of benzene rings is 1. The van der Waals surface area contributed by atoms with E-state index in [0.29, 0.717) is 13.1 Å². The third kappa shape index (κ3) is 5.07. The van der Waals surface area contributed by atoms with Gasteiger partial charge in [-0.1, -0.05) is 26.0 Å². The Kier molecular flexibility index (Phi) is 7.48. The lowest BCUT2D eigenvalue weighted by Gasteiger charge is -2.29. The number of nitrogens with two attached hydrogens (primary N) is 1. The Hall–Kier alpha value is -1.46. The van der Waals surface area contributed by atoms with E-state index in [-0.39, 0.29) is 11.7 Å². The lowest BCUT2D eigenvalue weighted by Crippen LogP contribution is -2.46. The molecule has 1 amide bonds. The van der Waals surface area contributed by atoms with Gasteiger partial charge in [-0.3, -0.25) is 4.79 Å². The third-order valence-corrected chi connectivity index (χ3v) is 4.37. The molecule has 1 aromatic rings. The number of rotatable bonds is 9. The van der Waals surface area contributed by atoms with Crippen LogP contribution in [0.4, 0.5) is 4.39 Å². The lowest BCUT2D eigenvalue weighted by atomic mass is 9.81. The average molecular weight is 309 g/mol. The average Bonchev–Trinajstić information content (AvgIpc) is 2.52. The van der Waals surface area contributed by atoms with Crippen LogP contribution in [-0.4, -0.2) is 37.5 Å². The summed E-state index contributed by atoms with van der Waals surface area (Å²) < 4.78 is 12.9. The van der Waals surface area contributed by atoms with Gasteiger partial charge < -0.3 is 16.0 Å². The van der Waals surface area contributed by atoms with Gasteiger partial charge in [-0.25, -0.2) is 4.39 Å². The fourth-order valence-corrected chi connectivity index (χ4v) is 2.48. The molecule has 0 aliphatic heterocycles. The zero-order chi connectivity index (χ0) is 16.6. The number of nitrogens with one attached hydrogen (secondary N) is 1. The number of carbonyl (C=O) groups is 1. The van der Waals surface area contributed by atoms with Gasteiger partial charge in [0.2, 0.25) is 5.91 Å². The van der Waals surface area contributed by atoms with E-state index in [1.54, 1.807) is 12.1 Å². The predicted molar refractivity (Wildman–Crippen MR) is 87.8 cm³/mol. The van der Waals surface area contributed by atoms with Gasteiger partial charge in [0.05, 0.1) is 5.41 Å². The van der Waals surface area contributed by atoms with Crippen molar-refractivity contribution in [2.75, 3.05) is 26.7 Å². The fourth-order valence-electron chi connectivity index (χ4n) is 2.48. The van der Waals surface area contributed by atoms with Crippen molar-refractivity contribution in [1.29, 1.82) is 0 Å². The highest BCUT2D eigenvalue weighted by Crippen LogP contribution is 2.24. The zero-order valence-corrected chi connectivity index (χ0v) is 13.9. The summed E-state index contributed by atoms with van der Waals surface area (Å²) in [5, 5.41) is 2.98. The van der Waals surface area contributed by atoms with Gasteiger partial charge in [0, 0.05) is 26.2 Å². The molecule has 0 bridgehead atoms. The van der Waals surface area contributed by atoms with Crippen LogP contribution in [0.25, 0.3) is 0 Å². The molecule has 0 saturated carbocycles. The number of hydrogen-bond donors (Lipinski definition) is 2. The van der Waals surface area contributed by atoms with E-state index in [1.165, 1.54) is 12.1 Å². The standard InChI is InChI=1S/C17H28FN3O/c1-4-17(5-2,13-19)16(22)20-10-11-21(3)12-14-6-8-15(18)9-7-14/h6-9H,4-5,10-13,19H2,1-3H3,(H,20,22). The first-order valence-corrected chi connectivity index (χ1v) is 7.88. The molecule has 0 aliphatic rings. The molecule has 1 rings (SSSR count). The van der Waals surface area contributed by atoms with E-state index in [0.717, 1.165) is 31.5 Å². The van der Waals surface area contributed by atoms with Gasteiger partial charge >= 0.3 is 0 Å². The van der Waals surface area contributed by atoms with Crippen LogP contribution < -0.4 is 11.1 Å². The maximum atomic E-state index is 12.9. The summed E-state index contributed by atoms with van der Waals surface area (Å²) >= 11 is 0. The molecule has 1 aromatic carbocycles. The normalized spacial score (nSPS) is 11.7. The SMILES string of the molecule is CCC(CC)(CN)C(=O)NCCN(C)Cc1ccc(F)cc1. The Balaban J connectivity index is 2.39. The molecule has 0 radical (unpaired) electrons. The molecule has 0 aliphatic carbocycles. The molecule has 22 heavy (non-hydrogen) atoms. The van der Waals surface area contributed by atoms with E-state index in [1.807, 2.05) is 20.9 Å². The molecule has 124 valence electrons. The summed E-state index contributed by atoms with van der Waals surface area (Å²) in [6.45, 7) is 6.40. The van der Waals surface area contributed by atoms with E-state index in [9.17, 15) is 9.18 Å². The van der Waals surface area contributed by atoms with Gasteiger partial charge in [0.15, 0.2) is 0 Å². The first kappa shape index (κ1) is 18.6. The number of halogens is 1. The molecule has 5 heteroatoms. The molecule has 0 spiro atoms. The lowest BCUT2D eigenvalue weighted by molar-refractivity contribution is -0.131. The van der Waals surface area contributed by atoms with E-state index in [4.69, 9.17) is 5.73 Å². The number of nitrogens with zero attached hydrogens (tertiary/aromatic N) is 1. The zero-order valence-electron chi connectivity index (χ0n) is 13.9. The third-order valence-electron chi connectivity index (χ3n) is 4.37. The Labute approximate surface area is 132 Å². The van der Waals surface area contributed by atoms with Crippen LogP contribution in [0.15, 0.2) is 24.3 Å². The maximum absolute atomic E-state index is 12.9. The number of amides is 1. The van der Waals surface area contributed by atoms with Crippen LogP contribution in [0.5, 0.6) is 0 Å². The minimum Gasteiger partial charge on any atom is -0.354 e. The van der Waals surface area contributed by atoms with Crippen molar-refractivity contribution in [2.45, 2.75) is 33.2 Å². The second kappa shape index (κ2) is 8.86. The molecule has 3 N–H and O–H groups in total. The summed E-state index contributed by atoms with van der Waals surface area (Å²) in [5.74, 6) is -0.189. The van der Waals surface area contributed by atoms with Crippen LogP contribution in [0, 0.1) is 11.2 Å². The van der Waals surface area contributed by atoms with Crippen molar-refractivity contribution < 1.29 is 9.18 Å². The Morgan fingerprint density at radius 2 is 1.86 bits per heavy atom. The summed E-state index contributed by atoms with van der Waals surface area (Å²) in [6.07, 6.45) is 1.49. The highest BCUT2D eigenvalue weighted by molar-refractivity contribution is 5.82. The summed E-state index contributed by atoms with van der Waals surface area (Å²) in [7, 11) is 1.98. The molecule has 0 saturated heterocycles. The molecule has 0 fully saturated rings. The van der Waals surface area contributed by atoms with Crippen LogP contribution in [0.1, 0.15) is 32.3 Å². The summed E-state index contributed by atoms with van der Waals surface area (Å²) in [5.41, 5.74) is 6.37. The van der Waals surface area contributed by atoms with Crippen LogP contribution in [-0.2, 0) is 11.3 Å². The molecule has 0 heterocycles. The van der Waals surface area contributed by atoms with Gasteiger partial charge in [0.1, 0.15) is 5.82 Å². The van der Waals surface area contributed by atoms with Crippen molar-refractivity contribution in [3.8, 4) is 0 Å². The molecule has 0 atom stereocenters. The molecule has 0 unspecified atom stereocenters. The van der Waals surface area contributed by atoms with E-state index < -0.39 is 5.41 Å². The Morgan fingerprint density at radius 3 is 2.36 bits per heavy atom. The molecule has 0 aromatic heterocycles. The first-order valence-electron chi connectivity index (χ1n) is 7.88. The number of carbonyl (C=O) groups excluding carboxylic acids is 1. The van der Waals surface area contributed by atoms with E-state index in [2.05, 4.69) is 10.2 Å². The van der Waals surface area contributed by atoms with Gasteiger partial charge in [-0.2, -0.15) is 0 Å². The summed E-state index contributed by atoms with van der Waals surface area (Å²) in [6, 6.07) is 6.47. The monoisotopic (exact) mass is 309 g/mol. The molecule has 4 nitrogen and oxygen atoms in total. The fraction of sp³-hybridized carbons (Fsp3) is 0.588. The van der Waals surface area contributed by atoms with Gasteiger partial charge in [-0.15, -0.1) is 0 Å². The largest absolute Gasteiger partial charge is 0.354 e. The minimum atomic E-state index is -0.449. The molecular weight excluding hydrogens is 281 g/mol. The van der Waals surface area contributed by atoms with E-state index >= 15 is 0 Å². The van der Waals surface area contributed by atoms with Crippen molar-refractivity contribution in [3.63, 3.8) is 0 Å². The van der Waals surface area contributed by atoms with Gasteiger partial charge in [-0.05, 0) is 37.6 Å². The first-order chi connectivity index (χ1) is 10.5. The topological polar surface area (TPSA) is 58.4 Å². The van der Waals surface area contributed by atoms with Crippen LogP contribution >= 0.6 is 0 Å². The second-order valence-electron chi connectivity index (χ2n) is 5.81. The van der Waals surface area contributed by atoms with Crippen LogP contribution in [0.3, 0.4) is 0 Å². The van der Waals surface area contributed by atoms with Crippen molar-refractivity contribution in [2.24, 2.45) is 11.1 Å². The Morgan fingerprint density at radius 1 is 1.27 bits per heavy atom. The number of hydrogen-bond acceptors (Lipinski definition) is 3. The van der Waals surface area contributed by atoms with Gasteiger partial charge in [0.25, 0.3) is 0 Å². The highest BCUT2D eigenvalue weighted by atomic mass is 19.1. The smallest absolute Gasteiger partial charge is 0.227 e. The Bertz CT molecular complexity index is 449. The van der Waals surface area contributed by atoms with Crippen molar-refractivity contribution in [1.82, 2.24) is 10.2 Å². The maximum Gasteiger partial charge on any atom is 0.227 e.